The highest BCUT2D eigenvalue weighted by molar-refractivity contribution is 7.99. The van der Waals surface area contributed by atoms with E-state index in [1.165, 1.54) is 5.75 Å². The highest BCUT2D eigenvalue weighted by Gasteiger charge is 2.32. The Kier molecular flexibility index (Phi) is 3.34. The SMILES string of the molecule is CC1(CSCCCl)COC1. The minimum Gasteiger partial charge on any atom is -0.380 e. The molecule has 0 aliphatic carbocycles. The van der Waals surface area contributed by atoms with Gasteiger partial charge in [0.2, 0.25) is 0 Å². The van der Waals surface area contributed by atoms with E-state index in [-0.39, 0.29) is 0 Å². The van der Waals surface area contributed by atoms with Gasteiger partial charge in [-0.15, -0.1) is 11.6 Å². The van der Waals surface area contributed by atoms with E-state index in [1.807, 2.05) is 11.8 Å². The number of hydrogen-bond acceptors (Lipinski definition) is 2. The van der Waals surface area contributed by atoms with E-state index < -0.39 is 0 Å². The van der Waals surface area contributed by atoms with Crippen LogP contribution in [-0.2, 0) is 4.74 Å². The van der Waals surface area contributed by atoms with Crippen molar-refractivity contribution in [3.63, 3.8) is 0 Å². The molecule has 0 radical (unpaired) electrons. The summed E-state index contributed by atoms with van der Waals surface area (Å²) in [5, 5.41) is 0. The Morgan fingerprint density at radius 3 is 2.70 bits per heavy atom. The van der Waals surface area contributed by atoms with Crippen molar-refractivity contribution in [3.05, 3.63) is 0 Å². The number of hydrogen-bond donors (Lipinski definition) is 0. The molecule has 0 bridgehead atoms. The van der Waals surface area contributed by atoms with Crippen LogP contribution < -0.4 is 0 Å². The third-order valence-corrected chi connectivity index (χ3v) is 3.38. The average Bonchev–Trinajstić information content (AvgIpc) is 1.85. The largest absolute Gasteiger partial charge is 0.380 e. The molecule has 1 aliphatic rings. The first kappa shape index (κ1) is 8.69. The van der Waals surface area contributed by atoms with E-state index in [0.717, 1.165) is 24.8 Å². The normalized spacial score (nSPS) is 22.2. The number of rotatable bonds is 4. The lowest BCUT2D eigenvalue weighted by Gasteiger charge is -2.37. The maximum absolute atomic E-state index is 5.54. The second-order valence-electron chi connectivity index (χ2n) is 3.05. The molecule has 0 saturated carbocycles. The minimum absolute atomic E-state index is 0.455. The van der Waals surface area contributed by atoms with Crippen molar-refractivity contribution in [2.24, 2.45) is 5.41 Å². The standard InChI is InChI=1S/C7H13ClOS/c1-7(4-9-5-7)6-10-3-2-8/h2-6H2,1H3. The first-order chi connectivity index (χ1) is 4.77. The zero-order valence-corrected chi connectivity index (χ0v) is 7.80. The summed E-state index contributed by atoms with van der Waals surface area (Å²) in [6.45, 7) is 4.13. The quantitative estimate of drug-likeness (QED) is 0.484. The van der Waals surface area contributed by atoms with Gasteiger partial charge in [0.15, 0.2) is 0 Å². The van der Waals surface area contributed by atoms with Crippen molar-refractivity contribution in [2.45, 2.75) is 6.92 Å². The summed E-state index contributed by atoms with van der Waals surface area (Å²) in [7, 11) is 0. The lowest BCUT2D eigenvalue weighted by Crippen LogP contribution is -2.41. The van der Waals surface area contributed by atoms with Gasteiger partial charge in [-0.2, -0.15) is 11.8 Å². The highest BCUT2D eigenvalue weighted by Crippen LogP contribution is 2.30. The molecule has 60 valence electrons. The Morgan fingerprint density at radius 2 is 2.30 bits per heavy atom. The summed E-state index contributed by atoms with van der Waals surface area (Å²) in [6, 6.07) is 0. The van der Waals surface area contributed by atoms with Crippen molar-refractivity contribution in [1.82, 2.24) is 0 Å². The number of alkyl halides is 1. The summed E-state index contributed by atoms with van der Waals surface area (Å²) in [5.74, 6) is 3.03. The molecule has 0 aromatic rings. The maximum Gasteiger partial charge on any atom is 0.0550 e. The summed E-state index contributed by atoms with van der Waals surface area (Å²) in [4.78, 5) is 0. The van der Waals surface area contributed by atoms with Crippen LogP contribution in [0.5, 0.6) is 0 Å². The van der Waals surface area contributed by atoms with Gasteiger partial charge in [-0.1, -0.05) is 6.92 Å². The smallest absolute Gasteiger partial charge is 0.0550 e. The molecule has 0 amide bonds. The fraction of sp³-hybridized carbons (Fsp3) is 1.00. The van der Waals surface area contributed by atoms with Crippen LogP contribution in [0, 0.1) is 5.41 Å². The fourth-order valence-electron chi connectivity index (χ4n) is 0.907. The molecule has 0 unspecified atom stereocenters. The Balaban J connectivity index is 2.01. The van der Waals surface area contributed by atoms with Crippen LogP contribution in [0.1, 0.15) is 6.92 Å². The molecule has 1 heterocycles. The third-order valence-electron chi connectivity index (χ3n) is 1.57. The predicted molar refractivity (Wildman–Crippen MR) is 47.0 cm³/mol. The van der Waals surface area contributed by atoms with Gasteiger partial charge in [-0.05, 0) is 0 Å². The molecule has 1 aliphatic heterocycles. The summed E-state index contributed by atoms with van der Waals surface area (Å²) in [6.07, 6.45) is 0. The van der Waals surface area contributed by atoms with E-state index in [4.69, 9.17) is 16.3 Å². The van der Waals surface area contributed by atoms with Crippen LogP contribution >= 0.6 is 23.4 Å². The summed E-state index contributed by atoms with van der Waals surface area (Å²) < 4.78 is 5.12. The summed E-state index contributed by atoms with van der Waals surface area (Å²) >= 11 is 7.46. The fourth-order valence-corrected chi connectivity index (χ4v) is 2.15. The van der Waals surface area contributed by atoms with Crippen LogP contribution in [0.2, 0.25) is 0 Å². The van der Waals surface area contributed by atoms with E-state index in [0.29, 0.717) is 5.41 Å². The van der Waals surface area contributed by atoms with Gasteiger partial charge < -0.3 is 4.74 Å². The Bertz CT molecular complexity index is 104. The van der Waals surface area contributed by atoms with Gasteiger partial charge in [0.1, 0.15) is 0 Å². The second kappa shape index (κ2) is 3.84. The van der Waals surface area contributed by atoms with E-state index >= 15 is 0 Å². The summed E-state index contributed by atoms with van der Waals surface area (Å²) in [5.41, 5.74) is 0.455. The lowest BCUT2D eigenvalue weighted by molar-refractivity contribution is -0.0861. The van der Waals surface area contributed by atoms with Gasteiger partial charge in [0.25, 0.3) is 0 Å². The van der Waals surface area contributed by atoms with Gasteiger partial charge in [-0.25, -0.2) is 0 Å². The van der Waals surface area contributed by atoms with Gasteiger partial charge in [-0.3, -0.25) is 0 Å². The lowest BCUT2D eigenvalue weighted by atomic mass is 9.92. The minimum atomic E-state index is 0.455. The molecule has 0 atom stereocenters. The zero-order chi connectivity index (χ0) is 7.45. The zero-order valence-electron chi connectivity index (χ0n) is 6.23. The number of halogens is 1. The molecule has 0 aromatic heterocycles. The molecule has 3 heteroatoms. The predicted octanol–water partition coefficient (Wildman–Crippen LogP) is 1.99. The molecule has 0 spiro atoms. The van der Waals surface area contributed by atoms with E-state index in [9.17, 15) is 0 Å². The molecule has 1 rings (SSSR count). The van der Waals surface area contributed by atoms with Crippen molar-refractivity contribution in [2.75, 3.05) is 30.6 Å². The first-order valence-electron chi connectivity index (χ1n) is 3.48. The van der Waals surface area contributed by atoms with E-state index in [2.05, 4.69) is 6.92 Å². The Labute approximate surface area is 71.5 Å². The Hall–Kier alpha value is 0.600. The van der Waals surface area contributed by atoms with Crippen molar-refractivity contribution < 1.29 is 4.74 Å². The van der Waals surface area contributed by atoms with Crippen LogP contribution in [0.25, 0.3) is 0 Å². The van der Waals surface area contributed by atoms with Crippen molar-refractivity contribution in [1.29, 1.82) is 0 Å². The maximum atomic E-state index is 5.54. The molecule has 0 N–H and O–H groups in total. The number of thioether (sulfide) groups is 1. The molecule has 1 fully saturated rings. The third kappa shape index (κ3) is 2.33. The van der Waals surface area contributed by atoms with Crippen LogP contribution in [0.4, 0.5) is 0 Å². The molecular weight excluding hydrogens is 168 g/mol. The van der Waals surface area contributed by atoms with Crippen LogP contribution in [0.3, 0.4) is 0 Å². The highest BCUT2D eigenvalue weighted by atomic mass is 35.5. The second-order valence-corrected chi connectivity index (χ2v) is 4.53. The van der Waals surface area contributed by atoms with Crippen LogP contribution in [-0.4, -0.2) is 30.6 Å². The molecule has 10 heavy (non-hydrogen) atoms. The topological polar surface area (TPSA) is 9.23 Å². The first-order valence-corrected chi connectivity index (χ1v) is 5.17. The van der Waals surface area contributed by atoms with Crippen molar-refractivity contribution in [3.8, 4) is 0 Å². The monoisotopic (exact) mass is 180 g/mol. The van der Waals surface area contributed by atoms with E-state index in [1.54, 1.807) is 0 Å². The van der Waals surface area contributed by atoms with Crippen LogP contribution in [0.15, 0.2) is 0 Å². The molecule has 0 aromatic carbocycles. The van der Waals surface area contributed by atoms with Gasteiger partial charge in [0, 0.05) is 22.8 Å². The van der Waals surface area contributed by atoms with Crippen molar-refractivity contribution >= 4 is 23.4 Å². The molecular formula is C7H13ClOS. The molecule has 1 nitrogen and oxygen atoms in total. The van der Waals surface area contributed by atoms with Gasteiger partial charge in [0.05, 0.1) is 13.2 Å². The van der Waals surface area contributed by atoms with Gasteiger partial charge >= 0.3 is 0 Å². The average molecular weight is 181 g/mol. The molecule has 1 saturated heterocycles. The number of ether oxygens (including phenoxy) is 1. The Morgan fingerprint density at radius 1 is 1.60 bits per heavy atom.